The normalized spacial score (nSPS) is 30.8. The zero-order valence-electron chi connectivity index (χ0n) is 8.22. The zero-order valence-corrected chi connectivity index (χ0v) is 9.03. The van der Waals surface area contributed by atoms with Crippen molar-refractivity contribution < 1.29 is 19.4 Å². The first-order valence-electron chi connectivity index (χ1n) is 4.89. The van der Waals surface area contributed by atoms with Gasteiger partial charge in [-0.15, -0.1) is 11.8 Å². The van der Waals surface area contributed by atoms with Crippen molar-refractivity contribution in [1.82, 2.24) is 4.90 Å². The van der Waals surface area contributed by atoms with Crippen molar-refractivity contribution in [3.63, 3.8) is 0 Å². The second-order valence-electron chi connectivity index (χ2n) is 3.72. The molecule has 0 saturated carbocycles. The maximum atomic E-state index is 11.9. The van der Waals surface area contributed by atoms with E-state index in [1.54, 1.807) is 0 Å². The lowest BCUT2D eigenvalue weighted by Gasteiger charge is -2.22. The summed E-state index contributed by atoms with van der Waals surface area (Å²) in [6.07, 6.45) is 0.715. The van der Waals surface area contributed by atoms with E-state index in [-0.39, 0.29) is 11.8 Å². The molecule has 0 aromatic carbocycles. The third-order valence-electron chi connectivity index (χ3n) is 2.73. The predicted molar refractivity (Wildman–Crippen MR) is 54.5 cm³/mol. The van der Waals surface area contributed by atoms with Gasteiger partial charge in [0, 0.05) is 12.4 Å². The van der Waals surface area contributed by atoms with Crippen molar-refractivity contribution in [3.05, 3.63) is 0 Å². The predicted octanol–water partition coefficient (Wildman–Crippen LogP) is 0.00900. The molecule has 0 bridgehead atoms. The summed E-state index contributed by atoms with van der Waals surface area (Å²) in [6, 6.07) is -0.650. The Kier molecular flexibility index (Phi) is 3.16. The number of carboxylic acid groups (broad SMARTS) is 1. The number of carboxylic acids is 1. The van der Waals surface area contributed by atoms with Crippen LogP contribution in [0.5, 0.6) is 0 Å². The molecule has 15 heavy (non-hydrogen) atoms. The number of carbonyl (C=O) groups excluding carboxylic acids is 1. The van der Waals surface area contributed by atoms with Gasteiger partial charge in [0.15, 0.2) is 0 Å². The fourth-order valence-corrected chi connectivity index (χ4v) is 2.98. The average Bonchev–Trinajstić information content (AvgIpc) is 2.88. The molecule has 2 aliphatic rings. The van der Waals surface area contributed by atoms with Crippen LogP contribution in [0.2, 0.25) is 0 Å². The van der Waals surface area contributed by atoms with Crippen LogP contribution in [0, 0.1) is 5.92 Å². The molecule has 0 aliphatic carbocycles. The topological polar surface area (TPSA) is 66.8 Å². The molecule has 2 atom stereocenters. The summed E-state index contributed by atoms with van der Waals surface area (Å²) >= 11 is 1.49. The Morgan fingerprint density at radius 1 is 1.47 bits per heavy atom. The quantitative estimate of drug-likeness (QED) is 0.725. The number of thioether (sulfide) groups is 1. The molecule has 1 N–H and O–H groups in total. The molecule has 2 heterocycles. The Morgan fingerprint density at radius 2 is 2.27 bits per heavy atom. The van der Waals surface area contributed by atoms with E-state index in [0.717, 1.165) is 0 Å². The summed E-state index contributed by atoms with van der Waals surface area (Å²) in [5.41, 5.74) is 0. The van der Waals surface area contributed by atoms with Crippen LogP contribution in [-0.2, 0) is 14.3 Å². The van der Waals surface area contributed by atoms with Gasteiger partial charge in [-0.25, -0.2) is 4.79 Å². The van der Waals surface area contributed by atoms with Gasteiger partial charge in [-0.2, -0.15) is 0 Å². The van der Waals surface area contributed by atoms with Crippen molar-refractivity contribution in [2.75, 3.05) is 24.8 Å². The summed E-state index contributed by atoms with van der Waals surface area (Å²) in [6.45, 7) is 1.04. The maximum absolute atomic E-state index is 11.9. The lowest BCUT2D eigenvalue weighted by atomic mass is 10.1. The van der Waals surface area contributed by atoms with Crippen LogP contribution in [0.4, 0.5) is 0 Å². The molecule has 6 heteroatoms. The molecule has 0 aromatic rings. The van der Waals surface area contributed by atoms with Crippen LogP contribution in [-0.4, -0.2) is 52.8 Å². The maximum Gasteiger partial charge on any atom is 0.327 e. The van der Waals surface area contributed by atoms with E-state index < -0.39 is 12.0 Å². The molecular weight excluding hydrogens is 218 g/mol. The first-order chi connectivity index (χ1) is 7.20. The van der Waals surface area contributed by atoms with Gasteiger partial charge in [-0.1, -0.05) is 0 Å². The van der Waals surface area contributed by atoms with Gasteiger partial charge >= 0.3 is 5.97 Å². The zero-order chi connectivity index (χ0) is 10.8. The Morgan fingerprint density at radius 3 is 2.87 bits per heavy atom. The van der Waals surface area contributed by atoms with Gasteiger partial charge < -0.3 is 14.7 Å². The van der Waals surface area contributed by atoms with Crippen molar-refractivity contribution in [3.8, 4) is 0 Å². The number of hydrogen-bond donors (Lipinski definition) is 1. The number of amides is 1. The number of ether oxygens (including phenoxy) is 1. The lowest BCUT2D eigenvalue weighted by Crippen LogP contribution is -2.44. The summed E-state index contributed by atoms with van der Waals surface area (Å²) in [7, 11) is 0. The van der Waals surface area contributed by atoms with E-state index in [4.69, 9.17) is 9.84 Å². The van der Waals surface area contributed by atoms with Crippen molar-refractivity contribution in [2.24, 2.45) is 5.92 Å². The Bertz CT molecular complexity index is 277. The number of hydrogen-bond acceptors (Lipinski definition) is 4. The van der Waals surface area contributed by atoms with Crippen LogP contribution >= 0.6 is 11.8 Å². The van der Waals surface area contributed by atoms with Gasteiger partial charge in [0.05, 0.1) is 18.4 Å². The van der Waals surface area contributed by atoms with Crippen LogP contribution in [0.25, 0.3) is 0 Å². The van der Waals surface area contributed by atoms with Crippen molar-refractivity contribution >= 4 is 23.6 Å². The molecule has 2 rings (SSSR count). The average molecular weight is 231 g/mol. The molecule has 0 aromatic heterocycles. The number of aliphatic carboxylic acids is 1. The number of nitrogens with zero attached hydrogens (tertiary/aromatic N) is 1. The monoisotopic (exact) mass is 231 g/mol. The molecule has 1 amide bonds. The number of carbonyl (C=O) groups is 2. The van der Waals surface area contributed by atoms with Gasteiger partial charge in [0.1, 0.15) is 6.04 Å². The molecule has 2 aliphatic heterocycles. The summed E-state index contributed by atoms with van der Waals surface area (Å²) < 4.78 is 5.13. The highest BCUT2D eigenvalue weighted by Crippen LogP contribution is 2.25. The summed E-state index contributed by atoms with van der Waals surface area (Å²) in [4.78, 5) is 24.3. The highest BCUT2D eigenvalue weighted by molar-refractivity contribution is 7.99. The standard InChI is InChI=1S/C9H13NO4S/c11-8(6-1-2-14-3-6)10-5-15-4-7(10)9(12)13/h6-7H,1-5H2,(H,12,13). The van der Waals surface area contributed by atoms with Gasteiger partial charge in [0.2, 0.25) is 5.91 Å². The highest BCUT2D eigenvalue weighted by atomic mass is 32.2. The second kappa shape index (κ2) is 4.40. The van der Waals surface area contributed by atoms with Crippen molar-refractivity contribution in [2.45, 2.75) is 12.5 Å². The molecule has 2 fully saturated rings. The van der Waals surface area contributed by atoms with Gasteiger partial charge in [-0.05, 0) is 6.42 Å². The molecule has 0 spiro atoms. The summed E-state index contributed by atoms with van der Waals surface area (Å²) in [5.74, 6) is -0.122. The Labute approximate surface area is 91.8 Å². The van der Waals surface area contributed by atoms with Gasteiger partial charge in [-0.3, -0.25) is 4.79 Å². The lowest BCUT2D eigenvalue weighted by molar-refractivity contribution is -0.149. The smallest absolute Gasteiger partial charge is 0.327 e. The van der Waals surface area contributed by atoms with Crippen LogP contribution in [0.1, 0.15) is 6.42 Å². The van der Waals surface area contributed by atoms with E-state index in [0.29, 0.717) is 31.3 Å². The van der Waals surface area contributed by atoms with E-state index in [1.807, 2.05) is 0 Å². The fourth-order valence-electron chi connectivity index (χ4n) is 1.83. The van der Waals surface area contributed by atoms with E-state index >= 15 is 0 Å². The van der Waals surface area contributed by atoms with E-state index in [9.17, 15) is 9.59 Å². The van der Waals surface area contributed by atoms with Crippen LogP contribution < -0.4 is 0 Å². The second-order valence-corrected chi connectivity index (χ2v) is 4.72. The molecule has 0 radical (unpaired) electrons. The molecule has 2 saturated heterocycles. The molecular formula is C9H13NO4S. The fraction of sp³-hybridized carbons (Fsp3) is 0.778. The minimum absolute atomic E-state index is 0.0649. The third-order valence-corrected chi connectivity index (χ3v) is 3.74. The highest BCUT2D eigenvalue weighted by Gasteiger charge is 2.38. The number of rotatable bonds is 2. The Hall–Kier alpha value is -0.750. The largest absolute Gasteiger partial charge is 0.480 e. The minimum atomic E-state index is -0.910. The summed E-state index contributed by atoms with van der Waals surface area (Å²) in [5, 5.41) is 8.94. The first-order valence-corrected chi connectivity index (χ1v) is 6.04. The van der Waals surface area contributed by atoms with E-state index in [2.05, 4.69) is 0 Å². The van der Waals surface area contributed by atoms with Crippen LogP contribution in [0.15, 0.2) is 0 Å². The Balaban J connectivity index is 2.02. The van der Waals surface area contributed by atoms with Gasteiger partial charge in [0.25, 0.3) is 0 Å². The van der Waals surface area contributed by atoms with Crippen molar-refractivity contribution in [1.29, 1.82) is 0 Å². The molecule has 2 unspecified atom stereocenters. The molecule has 84 valence electrons. The SMILES string of the molecule is O=C(O)C1CSCN1C(=O)C1CCOC1. The minimum Gasteiger partial charge on any atom is -0.480 e. The molecule has 5 nitrogen and oxygen atoms in total. The van der Waals surface area contributed by atoms with Crippen LogP contribution in [0.3, 0.4) is 0 Å². The third kappa shape index (κ3) is 2.10. The first kappa shape index (κ1) is 10.8. The van der Waals surface area contributed by atoms with E-state index in [1.165, 1.54) is 16.7 Å².